The third-order valence-corrected chi connectivity index (χ3v) is 5.82. The number of hydrogen-bond donors (Lipinski definition) is 1. The van der Waals surface area contributed by atoms with E-state index in [0.29, 0.717) is 11.9 Å². The zero-order valence-electron chi connectivity index (χ0n) is 14.6. The van der Waals surface area contributed by atoms with Crippen LogP contribution in [0, 0.1) is 11.3 Å². The van der Waals surface area contributed by atoms with Crippen molar-refractivity contribution in [3.63, 3.8) is 0 Å². The Labute approximate surface area is 142 Å². The normalized spacial score (nSPS) is 25.5. The van der Waals surface area contributed by atoms with Gasteiger partial charge in [0.2, 0.25) is 5.95 Å². The molecule has 2 amide bonds. The third-order valence-electron chi connectivity index (χ3n) is 5.82. The maximum absolute atomic E-state index is 12.7. The molecule has 2 saturated heterocycles. The summed E-state index contributed by atoms with van der Waals surface area (Å²) >= 11 is 0. The number of fused-ring (bicyclic) bond motifs is 1. The summed E-state index contributed by atoms with van der Waals surface area (Å²) in [5.41, 5.74) is 0.241. The molecule has 1 atom stereocenters. The Morgan fingerprint density at radius 1 is 1.33 bits per heavy atom. The quantitative estimate of drug-likeness (QED) is 0.901. The van der Waals surface area contributed by atoms with Crippen LogP contribution in [0.5, 0.6) is 0 Å². The van der Waals surface area contributed by atoms with Gasteiger partial charge in [0.25, 0.3) is 0 Å². The average Bonchev–Trinajstić information content (AvgIpc) is 2.95. The summed E-state index contributed by atoms with van der Waals surface area (Å²) in [6.07, 6.45) is 5.34. The van der Waals surface area contributed by atoms with Crippen LogP contribution in [-0.2, 0) is 17.7 Å². The van der Waals surface area contributed by atoms with Crippen molar-refractivity contribution in [2.24, 2.45) is 11.3 Å². The van der Waals surface area contributed by atoms with Crippen molar-refractivity contribution in [3.05, 3.63) is 5.82 Å². The first-order valence-electron chi connectivity index (χ1n) is 9.18. The molecule has 24 heavy (non-hydrogen) atoms. The van der Waals surface area contributed by atoms with Crippen molar-refractivity contribution in [1.82, 2.24) is 19.7 Å². The topological polar surface area (TPSA) is 72.3 Å². The molecule has 1 N–H and O–H groups in total. The molecule has 132 valence electrons. The Morgan fingerprint density at radius 3 is 2.83 bits per heavy atom. The van der Waals surface area contributed by atoms with E-state index in [-0.39, 0.29) is 17.5 Å². The number of anilines is 1. The van der Waals surface area contributed by atoms with Gasteiger partial charge in [0.1, 0.15) is 5.82 Å². The molecule has 1 aromatic rings. The van der Waals surface area contributed by atoms with Gasteiger partial charge in [0.15, 0.2) is 0 Å². The second kappa shape index (κ2) is 6.02. The minimum atomic E-state index is -0.0613. The molecule has 4 heterocycles. The molecule has 7 nitrogen and oxygen atoms in total. The largest absolute Gasteiger partial charge is 0.381 e. The molecular formula is C17H27N5O2. The van der Waals surface area contributed by atoms with E-state index in [1.165, 1.54) is 0 Å². The Kier molecular flexibility index (Phi) is 3.98. The maximum Gasteiger partial charge on any atom is 0.324 e. The lowest BCUT2D eigenvalue weighted by Gasteiger charge is -2.60. The molecule has 7 heteroatoms. The number of aryl methyl sites for hydroxylation is 2. The number of carbonyl (C=O) groups is 1. The van der Waals surface area contributed by atoms with Crippen molar-refractivity contribution in [2.45, 2.75) is 58.5 Å². The zero-order chi connectivity index (χ0) is 16.7. The molecule has 0 aliphatic carbocycles. The van der Waals surface area contributed by atoms with E-state index in [1.807, 2.05) is 9.58 Å². The van der Waals surface area contributed by atoms with E-state index in [0.717, 1.165) is 64.2 Å². The molecule has 0 bridgehead atoms. The highest BCUT2D eigenvalue weighted by atomic mass is 16.5. The van der Waals surface area contributed by atoms with Crippen LogP contribution < -0.4 is 5.32 Å². The lowest BCUT2D eigenvalue weighted by atomic mass is 9.63. The lowest BCUT2D eigenvalue weighted by molar-refractivity contribution is -0.122. The Hall–Kier alpha value is -1.63. The number of nitrogens with one attached hydrogen (secondary N) is 1. The van der Waals surface area contributed by atoms with Gasteiger partial charge >= 0.3 is 6.03 Å². The summed E-state index contributed by atoms with van der Waals surface area (Å²) in [5, 5.41) is 7.35. The van der Waals surface area contributed by atoms with Crippen LogP contribution in [0.15, 0.2) is 0 Å². The number of nitrogens with zero attached hydrogens (tertiary/aromatic N) is 4. The molecule has 1 aromatic heterocycles. The third kappa shape index (κ3) is 2.59. The predicted octanol–water partition coefficient (Wildman–Crippen LogP) is 2.28. The lowest BCUT2D eigenvalue weighted by Crippen LogP contribution is -2.70. The van der Waals surface area contributed by atoms with Crippen LogP contribution in [-0.4, -0.2) is 51.5 Å². The van der Waals surface area contributed by atoms with Gasteiger partial charge in [-0.1, -0.05) is 13.8 Å². The molecule has 2 fully saturated rings. The van der Waals surface area contributed by atoms with E-state index in [2.05, 4.69) is 29.2 Å². The number of aromatic nitrogens is 3. The van der Waals surface area contributed by atoms with Crippen LogP contribution in [0.4, 0.5) is 10.7 Å². The van der Waals surface area contributed by atoms with Gasteiger partial charge < -0.3 is 9.64 Å². The number of amides is 2. The minimum absolute atomic E-state index is 0.0613. The maximum atomic E-state index is 12.7. The first-order chi connectivity index (χ1) is 11.6. The summed E-state index contributed by atoms with van der Waals surface area (Å²) in [6.45, 7) is 7.75. The average molecular weight is 333 g/mol. The van der Waals surface area contributed by atoms with Gasteiger partial charge in [0, 0.05) is 44.2 Å². The Balaban J connectivity index is 1.45. The van der Waals surface area contributed by atoms with Crippen LogP contribution in [0.25, 0.3) is 0 Å². The van der Waals surface area contributed by atoms with Crippen molar-refractivity contribution >= 4 is 12.0 Å². The van der Waals surface area contributed by atoms with E-state index in [1.54, 1.807) is 0 Å². The van der Waals surface area contributed by atoms with E-state index >= 15 is 0 Å². The highest BCUT2D eigenvalue weighted by molar-refractivity contribution is 5.88. The smallest absolute Gasteiger partial charge is 0.324 e. The molecular weight excluding hydrogens is 306 g/mol. The van der Waals surface area contributed by atoms with Gasteiger partial charge in [0.05, 0.1) is 0 Å². The Bertz CT molecular complexity index is 597. The van der Waals surface area contributed by atoms with Crippen molar-refractivity contribution < 1.29 is 9.53 Å². The number of ether oxygens (including phenoxy) is 1. The summed E-state index contributed by atoms with van der Waals surface area (Å²) in [5.74, 6) is 1.87. The zero-order valence-corrected chi connectivity index (χ0v) is 14.6. The van der Waals surface area contributed by atoms with E-state index < -0.39 is 0 Å². The second-order valence-electron chi connectivity index (χ2n) is 7.75. The fourth-order valence-electron chi connectivity index (χ4n) is 4.75. The molecule has 3 aliphatic rings. The summed E-state index contributed by atoms with van der Waals surface area (Å²) in [4.78, 5) is 19.2. The summed E-state index contributed by atoms with van der Waals surface area (Å²) in [7, 11) is 0. The standard InChI is InChI=1S/C17H27N5O2/c1-12(2)14-17(6-9-24-10-7-17)11-21(14)16(23)19-15-18-13-5-3-4-8-22(13)20-15/h12,14H,3-11H2,1-2H3,(H,19,20,23). The van der Waals surface area contributed by atoms with Gasteiger partial charge in [-0.3, -0.25) is 5.32 Å². The number of carbonyl (C=O) groups excluding carboxylic acids is 1. The second-order valence-corrected chi connectivity index (χ2v) is 7.75. The van der Waals surface area contributed by atoms with Gasteiger partial charge in [-0.25, -0.2) is 9.48 Å². The van der Waals surface area contributed by atoms with Crippen molar-refractivity contribution in [2.75, 3.05) is 25.1 Å². The first kappa shape index (κ1) is 15.9. The molecule has 0 radical (unpaired) electrons. The van der Waals surface area contributed by atoms with Crippen molar-refractivity contribution in [3.8, 4) is 0 Å². The highest BCUT2D eigenvalue weighted by Gasteiger charge is 2.55. The summed E-state index contributed by atoms with van der Waals surface area (Å²) < 4.78 is 7.45. The van der Waals surface area contributed by atoms with E-state index in [4.69, 9.17) is 4.74 Å². The number of hydrogen-bond acceptors (Lipinski definition) is 4. The van der Waals surface area contributed by atoms with Gasteiger partial charge in [-0.15, -0.1) is 5.10 Å². The van der Waals surface area contributed by atoms with Gasteiger partial charge in [-0.2, -0.15) is 4.98 Å². The predicted molar refractivity (Wildman–Crippen MR) is 89.8 cm³/mol. The summed E-state index contributed by atoms with van der Waals surface area (Å²) in [6, 6.07) is 0.215. The SMILES string of the molecule is CC(C)C1N(C(=O)Nc2nc3n(n2)CCCC3)CC12CCOCC2. The molecule has 1 unspecified atom stereocenters. The van der Waals surface area contributed by atoms with Crippen LogP contribution >= 0.6 is 0 Å². The molecule has 1 spiro atoms. The van der Waals surface area contributed by atoms with Gasteiger partial charge in [-0.05, 0) is 31.6 Å². The number of likely N-dealkylation sites (tertiary alicyclic amines) is 1. The Morgan fingerprint density at radius 2 is 2.12 bits per heavy atom. The molecule has 0 aromatic carbocycles. The number of rotatable bonds is 2. The molecule has 4 rings (SSSR count). The fraction of sp³-hybridized carbons (Fsp3) is 0.824. The highest BCUT2D eigenvalue weighted by Crippen LogP contribution is 2.48. The monoisotopic (exact) mass is 333 g/mol. The fourth-order valence-corrected chi connectivity index (χ4v) is 4.75. The van der Waals surface area contributed by atoms with Crippen molar-refractivity contribution in [1.29, 1.82) is 0 Å². The molecule has 0 saturated carbocycles. The van der Waals surface area contributed by atoms with Crippen LogP contribution in [0.3, 0.4) is 0 Å². The van der Waals surface area contributed by atoms with Crippen LogP contribution in [0.1, 0.15) is 45.4 Å². The number of urea groups is 1. The minimum Gasteiger partial charge on any atom is -0.381 e. The van der Waals surface area contributed by atoms with E-state index in [9.17, 15) is 4.79 Å². The first-order valence-corrected chi connectivity index (χ1v) is 9.18. The van der Waals surface area contributed by atoms with Crippen LogP contribution in [0.2, 0.25) is 0 Å². The molecule has 3 aliphatic heterocycles.